The van der Waals surface area contributed by atoms with Gasteiger partial charge in [-0.25, -0.2) is 0 Å². The van der Waals surface area contributed by atoms with Gasteiger partial charge in [-0.05, 0) is 24.6 Å². The predicted octanol–water partition coefficient (Wildman–Crippen LogP) is 3.95. The molecule has 25 heavy (non-hydrogen) atoms. The van der Waals surface area contributed by atoms with E-state index in [2.05, 4.69) is 5.32 Å². The van der Waals surface area contributed by atoms with Gasteiger partial charge in [-0.15, -0.1) is 0 Å². The van der Waals surface area contributed by atoms with E-state index in [4.69, 9.17) is 21.7 Å². The molecule has 1 aliphatic carbocycles. The zero-order chi connectivity index (χ0) is 18.1. The van der Waals surface area contributed by atoms with Gasteiger partial charge in [-0.2, -0.15) is 13.2 Å². The highest BCUT2D eigenvalue weighted by Crippen LogP contribution is 2.41. The van der Waals surface area contributed by atoms with Gasteiger partial charge in [0.25, 0.3) is 0 Å². The number of carbonyl (C=O) groups is 1. The van der Waals surface area contributed by atoms with Crippen molar-refractivity contribution in [3.63, 3.8) is 0 Å². The molecule has 3 rings (SSSR count). The minimum absolute atomic E-state index is 0.00761. The van der Waals surface area contributed by atoms with Gasteiger partial charge in [-0.3, -0.25) is 4.79 Å². The summed E-state index contributed by atoms with van der Waals surface area (Å²) in [5.74, 6) is -0.865. The van der Waals surface area contributed by atoms with Gasteiger partial charge in [0.1, 0.15) is 5.78 Å². The lowest BCUT2D eigenvalue weighted by molar-refractivity contribution is -0.154. The van der Waals surface area contributed by atoms with Crippen LogP contribution < -0.4 is 5.32 Å². The van der Waals surface area contributed by atoms with E-state index in [9.17, 15) is 18.0 Å². The van der Waals surface area contributed by atoms with Gasteiger partial charge in [0, 0.05) is 24.4 Å². The number of anilines is 1. The average Bonchev–Trinajstić information content (AvgIpc) is 3.17. The SMILES string of the molecule is O=C(CC(=S)Nc1cccc(C(F)(F)F)c1)C1CCC2(C1)OCCO2. The molecule has 0 bridgehead atoms. The van der Waals surface area contributed by atoms with Crippen molar-refractivity contribution >= 4 is 28.7 Å². The summed E-state index contributed by atoms with van der Waals surface area (Å²) in [5.41, 5.74) is -0.544. The number of ether oxygens (including phenoxy) is 2. The summed E-state index contributed by atoms with van der Waals surface area (Å²) in [6, 6.07) is 4.74. The second kappa shape index (κ2) is 7.01. The van der Waals surface area contributed by atoms with E-state index in [-0.39, 0.29) is 28.8 Å². The largest absolute Gasteiger partial charge is 0.416 e. The van der Waals surface area contributed by atoms with Crippen LogP contribution in [0.2, 0.25) is 0 Å². The van der Waals surface area contributed by atoms with Crippen LogP contribution in [0.25, 0.3) is 0 Å². The van der Waals surface area contributed by atoms with Crippen molar-refractivity contribution < 1.29 is 27.4 Å². The van der Waals surface area contributed by atoms with Crippen LogP contribution in [0, 0.1) is 5.92 Å². The first-order chi connectivity index (χ1) is 11.8. The molecule has 0 amide bonds. The molecular weight excluding hydrogens is 355 g/mol. The number of hydrogen-bond acceptors (Lipinski definition) is 4. The van der Waals surface area contributed by atoms with Crippen molar-refractivity contribution in [3.05, 3.63) is 29.8 Å². The second-order valence-corrected chi connectivity index (χ2v) is 6.81. The first-order valence-corrected chi connectivity index (χ1v) is 8.46. The summed E-state index contributed by atoms with van der Waals surface area (Å²) >= 11 is 5.14. The Hall–Kier alpha value is -1.51. The van der Waals surface area contributed by atoms with Crippen molar-refractivity contribution in [2.24, 2.45) is 5.92 Å². The van der Waals surface area contributed by atoms with Crippen molar-refractivity contribution in [2.45, 2.75) is 37.6 Å². The van der Waals surface area contributed by atoms with Gasteiger partial charge in [0.05, 0.1) is 30.2 Å². The Bertz CT molecular complexity index is 671. The fourth-order valence-electron chi connectivity index (χ4n) is 3.29. The Morgan fingerprint density at radius 2 is 2.04 bits per heavy atom. The molecule has 136 valence electrons. The molecule has 1 aliphatic heterocycles. The number of Topliss-reactive ketones (excluding diaryl/α,β-unsaturated/α-hetero) is 1. The Labute approximate surface area is 148 Å². The predicted molar refractivity (Wildman–Crippen MR) is 89.3 cm³/mol. The number of thiocarbonyl (C=S) groups is 1. The molecule has 1 N–H and O–H groups in total. The molecular formula is C17H18F3NO3S. The quantitative estimate of drug-likeness (QED) is 0.810. The Morgan fingerprint density at radius 1 is 1.32 bits per heavy atom. The monoisotopic (exact) mass is 373 g/mol. The normalized spacial score (nSPS) is 22.3. The standard InChI is InChI=1S/C17H18F3NO3S/c18-17(19,20)12-2-1-3-13(8-12)21-15(25)9-14(22)11-4-5-16(10-11)23-6-7-24-16/h1-3,8,11H,4-7,9-10H2,(H,21,25). The summed E-state index contributed by atoms with van der Waals surface area (Å²) in [7, 11) is 0. The summed E-state index contributed by atoms with van der Waals surface area (Å²) < 4.78 is 49.4. The van der Waals surface area contributed by atoms with Crippen LogP contribution in [0.1, 0.15) is 31.2 Å². The first kappa shape index (κ1) is 18.3. The third-order valence-electron chi connectivity index (χ3n) is 4.51. The number of carbonyl (C=O) groups excluding carboxylic acids is 1. The smallest absolute Gasteiger partial charge is 0.350 e. The number of rotatable bonds is 4. The molecule has 1 atom stereocenters. The average molecular weight is 373 g/mol. The molecule has 1 aromatic rings. The molecule has 0 aromatic heterocycles. The zero-order valence-corrected chi connectivity index (χ0v) is 14.2. The number of alkyl halides is 3. The Balaban J connectivity index is 1.55. The number of ketones is 1. The summed E-state index contributed by atoms with van der Waals surface area (Å²) in [5, 5.41) is 2.72. The summed E-state index contributed by atoms with van der Waals surface area (Å²) in [6.07, 6.45) is -2.57. The highest BCUT2D eigenvalue weighted by atomic mass is 32.1. The van der Waals surface area contributed by atoms with Crippen LogP contribution in [0.15, 0.2) is 24.3 Å². The van der Waals surface area contributed by atoms with Crippen molar-refractivity contribution in [3.8, 4) is 0 Å². The minimum Gasteiger partial charge on any atom is -0.350 e. The number of hydrogen-bond donors (Lipinski definition) is 1. The third-order valence-corrected chi connectivity index (χ3v) is 4.75. The van der Waals surface area contributed by atoms with Crippen molar-refractivity contribution in [1.82, 2.24) is 0 Å². The Kier molecular flexibility index (Phi) is 5.13. The van der Waals surface area contributed by atoms with E-state index < -0.39 is 17.5 Å². The molecule has 1 saturated heterocycles. The molecule has 1 saturated carbocycles. The first-order valence-electron chi connectivity index (χ1n) is 8.05. The van der Waals surface area contributed by atoms with E-state index in [0.717, 1.165) is 12.1 Å². The van der Waals surface area contributed by atoms with Crippen molar-refractivity contribution in [2.75, 3.05) is 18.5 Å². The van der Waals surface area contributed by atoms with Crippen LogP contribution in [-0.2, 0) is 20.4 Å². The van der Waals surface area contributed by atoms with Gasteiger partial charge < -0.3 is 14.8 Å². The molecule has 1 unspecified atom stereocenters. The van der Waals surface area contributed by atoms with Crippen LogP contribution in [-0.4, -0.2) is 29.8 Å². The molecule has 8 heteroatoms. The van der Waals surface area contributed by atoms with Gasteiger partial charge >= 0.3 is 6.18 Å². The molecule has 1 heterocycles. The molecule has 1 aromatic carbocycles. The number of benzene rings is 1. The van der Waals surface area contributed by atoms with E-state index in [0.29, 0.717) is 32.5 Å². The van der Waals surface area contributed by atoms with Crippen molar-refractivity contribution in [1.29, 1.82) is 0 Å². The summed E-state index contributed by atoms with van der Waals surface area (Å²) in [6.45, 7) is 1.08. The lowest BCUT2D eigenvalue weighted by Crippen LogP contribution is -2.28. The molecule has 2 aliphatic rings. The highest BCUT2D eigenvalue weighted by molar-refractivity contribution is 7.80. The minimum atomic E-state index is -4.42. The number of nitrogens with one attached hydrogen (secondary N) is 1. The fourth-order valence-corrected chi connectivity index (χ4v) is 3.55. The van der Waals surface area contributed by atoms with Gasteiger partial charge in [-0.1, -0.05) is 18.3 Å². The van der Waals surface area contributed by atoms with Gasteiger partial charge in [0.15, 0.2) is 5.79 Å². The van der Waals surface area contributed by atoms with Gasteiger partial charge in [0.2, 0.25) is 0 Å². The molecule has 4 nitrogen and oxygen atoms in total. The lowest BCUT2D eigenvalue weighted by Gasteiger charge is -2.21. The van der Waals surface area contributed by atoms with E-state index in [1.165, 1.54) is 12.1 Å². The van der Waals surface area contributed by atoms with Crippen LogP contribution in [0.4, 0.5) is 18.9 Å². The van der Waals surface area contributed by atoms with E-state index >= 15 is 0 Å². The maximum atomic E-state index is 12.7. The maximum Gasteiger partial charge on any atom is 0.416 e. The van der Waals surface area contributed by atoms with E-state index in [1.807, 2.05) is 0 Å². The third kappa shape index (κ3) is 4.37. The molecule has 0 radical (unpaired) electrons. The highest BCUT2D eigenvalue weighted by Gasteiger charge is 2.46. The Morgan fingerprint density at radius 3 is 2.72 bits per heavy atom. The zero-order valence-electron chi connectivity index (χ0n) is 13.4. The molecule has 2 fully saturated rings. The topological polar surface area (TPSA) is 47.6 Å². The molecule has 1 spiro atoms. The summed E-state index contributed by atoms with van der Waals surface area (Å²) in [4.78, 5) is 12.6. The number of halogens is 3. The maximum absolute atomic E-state index is 12.7. The lowest BCUT2D eigenvalue weighted by atomic mass is 9.99. The van der Waals surface area contributed by atoms with E-state index in [1.54, 1.807) is 0 Å². The second-order valence-electron chi connectivity index (χ2n) is 6.32. The van der Waals surface area contributed by atoms with Crippen LogP contribution in [0.3, 0.4) is 0 Å². The van der Waals surface area contributed by atoms with Crippen LogP contribution >= 0.6 is 12.2 Å². The fraction of sp³-hybridized carbons (Fsp3) is 0.529. The van der Waals surface area contributed by atoms with Crippen LogP contribution in [0.5, 0.6) is 0 Å².